The van der Waals surface area contributed by atoms with Crippen molar-refractivity contribution in [2.45, 2.75) is 105 Å². The van der Waals surface area contributed by atoms with E-state index in [1.54, 1.807) is 24.3 Å². The van der Waals surface area contributed by atoms with Gasteiger partial charge in [0.15, 0.2) is 0 Å². The van der Waals surface area contributed by atoms with E-state index in [9.17, 15) is 9.59 Å². The molecule has 0 saturated heterocycles. The average molecular weight is 567 g/mol. The van der Waals surface area contributed by atoms with Crippen LogP contribution in [0.5, 0.6) is 11.5 Å². The molecule has 0 aliphatic heterocycles. The molecule has 0 bridgehead atoms. The first-order valence-electron chi connectivity index (χ1n) is 14.8. The standard InChI is InChI=1S/C38H46O4/c1-35(2,3)23-17-24(36(4,5)6)20-27(19-23)41-33-31(39)29-15-13-14-16-30(29)32(40)34(33)42-28-21-25(37(7,8)9)18-26(22-28)38(10,11)12/h13-22H,1-12H3. The van der Waals surface area contributed by atoms with Crippen molar-refractivity contribution in [2.75, 3.05) is 0 Å². The van der Waals surface area contributed by atoms with Crippen molar-refractivity contribution in [3.63, 3.8) is 0 Å². The van der Waals surface area contributed by atoms with Gasteiger partial charge in [-0.1, -0.05) is 119 Å². The van der Waals surface area contributed by atoms with E-state index in [2.05, 4.69) is 95.2 Å². The molecule has 0 heterocycles. The molecule has 0 radical (unpaired) electrons. The minimum absolute atomic E-state index is 0.0944. The van der Waals surface area contributed by atoms with Crippen LogP contribution in [0.3, 0.4) is 0 Å². The van der Waals surface area contributed by atoms with Gasteiger partial charge < -0.3 is 9.47 Å². The van der Waals surface area contributed by atoms with Gasteiger partial charge in [-0.2, -0.15) is 0 Å². The summed E-state index contributed by atoms with van der Waals surface area (Å²) in [5.74, 6) is 0.0696. The summed E-state index contributed by atoms with van der Waals surface area (Å²) >= 11 is 0. The van der Waals surface area contributed by atoms with Crippen LogP contribution in [-0.2, 0) is 21.7 Å². The van der Waals surface area contributed by atoms with Crippen LogP contribution in [-0.4, -0.2) is 11.6 Å². The predicted molar refractivity (Wildman–Crippen MR) is 171 cm³/mol. The van der Waals surface area contributed by atoms with Crippen LogP contribution in [0.25, 0.3) is 0 Å². The second kappa shape index (κ2) is 10.6. The number of carbonyl (C=O) groups is 2. The fourth-order valence-corrected chi connectivity index (χ4v) is 4.80. The molecule has 4 nitrogen and oxygen atoms in total. The normalized spacial score (nSPS) is 14.7. The molecule has 0 atom stereocenters. The molecule has 0 unspecified atom stereocenters. The van der Waals surface area contributed by atoms with Crippen molar-refractivity contribution < 1.29 is 19.1 Å². The minimum Gasteiger partial charge on any atom is -0.449 e. The summed E-state index contributed by atoms with van der Waals surface area (Å²) in [7, 11) is 0. The summed E-state index contributed by atoms with van der Waals surface area (Å²) in [5.41, 5.74) is 4.34. The Morgan fingerprint density at radius 2 is 0.690 bits per heavy atom. The van der Waals surface area contributed by atoms with Gasteiger partial charge in [0.2, 0.25) is 23.1 Å². The Labute approximate surface area is 252 Å². The highest BCUT2D eigenvalue weighted by Crippen LogP contribution is 2.38. The molecule has 222 valence electrons. The number of fused-ring (bicyclic) bond motifs is 1. The average Bonchev–Trinajstić information content (AvgIpc) is 2.87. The number of hydrogen-bond acceptors (Lipinski definition) is 4. The largest absolute Gasteiger partial charge is 0.449 e. The molecule has 0 amide bonds. The lowest BCUT2D eigenvalue weighted by atomic mass is 9.80. The number of allylic oxidation sites excluding steroid dienone is 2. The fourth-order valence-electron chi connectivity index (χ4n) is 4.80. The molecule has 0 spiro atoms. The first-order chi connectivity index (χ1) is 19.2. The van der Waals surface area contributed by atoms with E-state index in [1.165, 1.54) is 0 Å². The number of ether oxygens (including phenoxy) is 2. The van der Waals surface area contributed by atoms with Crippen LogP contribution in [0.15, 0.2) is 72.2 Å². The van der Waals surface area contributed by atoms with E-state index < -0.39 is 0 Å². The Morgan fingerprint density at radius 1 is 0.429 bits per heavy atom. The second-order valence-electron chi connectivity index (χ2n) is 15.6. The lowest BCUT2D eigenvalue weighted by Gasteiger charge is -2.28. The third-order valence-electron chi connectivity index (χ3n) is 7.75. The number of carbonyl (C=O) groups excluding carboxylic acids is 2. The number of hydrogen-bond donors (Lipinski definition) is 0. The Bertz CT molecular complexity index is 1390. The van der Waals surface area contributed by atoms with Crippen LogP contribution in [0, 0.1) is 0 Å². The Balaban J connectivity index is 1.93. The van der Waals surface area contributed by atoms with E-state index in [4.69, 9.17) is 9.47 Å². The molecule has 4 heteroatoms. The van der Waals surface area contributed by atoms with Crippen molar-refractivity contribution in [2.24, 2.45) is 0 Å². The molecule has 0 fully saturated rings. The summed E-state index contributed by atoms with van der Waals surface area (Å²) in [6.45, 7) is 25.7. The molecule has 0 aromatic heterocycles. The van der Waals surface area contributed by atoms with Gasteiger partial charge in [-0.15, -0.1) is 0 Å². The number of benzene rings is 3. The summed E-state index contributed by atoms with van der Waals surface area (Å²) in [6.07, 6.45) is 0. The lowest BCUT2D eigenvalue weighted by molar-refractivity contribution is 0.0896. The van der Waals surface area contributed by atoms with Gasteiger partial charge in [0, 0.05) is 11.1 Å². The molecular formula is C38H46O4. The molecule has 3 aromatic rings. The maximum Gasteiger partial charge on any atom is 0.233 e. The molecule has 4 rings (SSSR count). The van der Waals surface area contributed by atoms with Gasteiger partial charge in [-0.3, -0.25) is 9.59 Å². The smallest absolute Gasteiger partial charge is 0.233 e. The zero-order valence-electron chi connectivity index (χ0n) is 27.4. The maximum absolute atomic E-state index is 14.0. The maximum atomic E-state index is 14.0. The molecule has 42 heavy (non-hydrogen) atoms. The topological polar surface area (TPSA) is 52.6 Å². The second-order valence-corrected chi connectivity index (χ2v) is 15.6. The molecule has 3 aromatic carbocycles. The molecular weight excluding hydrogens is 520 g/mol. The predicted octanol–water partition coefficient (Wildman–Crippen LogP) is 9.63. The van der Waals surface area contributed by atoms with Crippen molar-refractivity contribution in [1.82, 2.24) is 0 Å². The number of rotatable bonds is 4. The van der Waals surface area contributed by atoms with Crippen molar-refractivity contribution in [3.05, 3.63) is 106 Å². The van der Waals surface area contributed by atoms with E-state index in [0.29, 0.717) is 22.6 Å². The van der Waals surface area contributed by atoms with Gasteiger partial charge in [0.1, 0.15) is 11.5 Å². The van der Waals surface area contributed by atoms with E-state index in [1.807, 2.05) is 24.3 Å². The fraction of sp³-hybridized carbons (Fsp3) is 0.421. The quantitative estimate of drug-likeness (QED) is 0.315. The summed E-state index contributed by atoms with van der Waals surface area (Å²) in [5, 5.41) is 0. The van der Waals surface area contributed by atoms with E-state index in [0.717, 1.165) is 22.3 Å². The minimum atomic E-state index is -0.373. The third kappa shape index (κ3) is 6.53. The van der Waals surface area contributed by atoms with Gasteiger partial charge in [0.25, 0.3) is 0 Å². The summed E-state index contributed by atoms with van der Waals surface area (Å²) < 4.78 is 12.9. The SMILES string of the molecule is CC(C)(C)c1cc(OC2=C(Oc3cc(C(C)(C)C)cc(C(C)(C)C)c3)C(=O)c3ccccc3C2=O)cc(C(C)(C)C)c1. The zero-order valence-corrected chi connectivity index (χ0v) is 27.4. The van der Waals surface area contributed by atoms with Crippen LogP contribution in [0.4, 0.5) is 0 Å². The van der Waals surface area contributed by atoms with Crippen molar-refractivity contribution >= 4 is 11.6 Å². The van der Waals surface area contributed by atoms with Gasteiger partial charge in [-0.25, -0.2) is 0 Å². The molecule has 1 aliphatic rings. The van der Waals surface area contributed by atoms with Gasteiger partial charge in [0.05, 0.1) is 0 Å². The number of Topliss-reactive ketones (excluding diaryl/α,β-unsaturated/α-hetero) is 2. The van der Waals surface area contributed by atoms with Crippen LogP contribution < -0.4 is 9.47 Å². The van der Waals surface area contributed by atoms with Gasteiger partial charge >= 0.3 is 0 Å². The highest BCUT2D eigenvalue weighted by molar-refractivity contribution is 6.25. The zero-order chi connectivity index (χ0) is 31.4. The van der Waals surface area contributed by atoms with Gasteiger partial charge in [-0.05, 0) is 68.2 Å². The first kappa shape index (κ1) is 31.3. The molecule has 1 aliphatic carbocycles. The highest BCUT2D eigenvalue weighted by Gasteiger charge is 2.37. The monoisotopic (exact) mass is 566 g/mol. The third-order valence-corrected chi connectivity index (χ3v) is 7.75. The summed E-state index contributed by atoms with van der Waals surface area (Å²) in [4.78, 5) is 27.9. The Kier molecular flexibility index (Phi) is 7.86. The molecule has 0 saturated carbocycles. The lowest BCUT2D eigenvalue weighted by Crippen LogP contribution is -2.28. The highest BCUT2D eigenvalue weighted by atomic mass is 16.5. The first-order valence-corrected chi connectivity index (χ1v) is 14.8. The van der Waals surface area contributed by atoms with Crippen LogP contribution >= 0.6 is 0 Å². The Hall–Kier alpha value is -3.66. The molecule has 0 N–H and O–H groups in total. The number of ketones is 2. The van der Waals surface area contributed by atoms with Crippen molar-refractivity contribution in [3.8, 4) is 11.5 Å². The van der Waals surface area contributed by atoms with Crippen LogP contribution in [0.2, 0.25) is 0 Å². The van der Waals surface area contributed by atoms with E-state index >= 15 is 0 Å². The Morgan fingerprint density at radius 3 is 0.929 bits per heavy atom. The summed E-state index contributed by atoms with van der Waals surface area (Å²) in [6, 6.07) is 19.0. The van der Waals surface area contributed by atoms with E-state index in [-0.39, 0.29) is 44.7 Å². The van der Waals surface area contributed by atoms with Crippen molar-refractivity contribution in [1.29, 1.82) is 0 Å². The van der Waals surface area contributed by atoms with Crippen LogP contribution in [0.1, 0.15) is 126 Å².